The van der Waals surface area contributed by atoms with Crippen LogP contribution in [0.5, 0.6) is 5.75 Å². The number of hydrogen-bond donors (Lipinski definition) is 0. The van der Waals surface area contributed by atoms with Gasteiger partial charge in [0.05, 0.1) is 22.3 Å². The standard InChI is InChI=1S/C58H36N4O2/c1-58-31-11-10-24-45(58)51-43(23-13-26-50(51)64-58)56-59-55(41-22-12-18-34-14-4-6-19-38(34)41)60-57(61-56)53-46(29-30-49-52(53)42-21-8-9-25-48(42)63-49)62-47-33-37-17-3-2-16-36(37)32-44(47)40-28-27-35-15-5-7-20-39(35)54(40)62/h2-33,45H,1H3. The van der Waals surface area contributed by atoms with Crippen molar-refractivity contribution in [3.63, 3.8) is 0 Å². The summed E-state index contributed by atoms with van der Waals surface area (Å²) in [5.74, 6) is 2.53. The molecule has 2 aliphatic rings. The van der Waals surface area contributed by atoms with Gasteiger partial charge < -0.3 is 13.7 Å². The van der Waals surface area contributed by atoms with Crippen LogP contribution >= 0.6 is 0 Å². The van der Waals surface area contributed by atoms with E-state index >= 15 is 0 Å². The third kappa shape index (κ3) is 4.99. The number of fused-ring (bicyclic) bond motifs is 13. The lowest BCUT2D eigenvalue weighted by Gasteiger charge is -2.27. The van der Waals surface area contributed by atoms with Gasteiger partial charge in [0, 0.05) is 49.5 Å². The van der Waals surface area contributed by atoms with E-state index in [4.69, 9.17) is 24.1 Å². The molecule has 0 saturated heterocycles. The maximum Gasteiger partial charge on any atom is 0.166 e. The van der Waals surface area contributed by atoms with Crippen LogP contribution in [-0.2, 0) is 0 Å². The molecule has 0 saturated carbocycles. The molecule has 64 heavy (non-hydrogen) atoms. The van der Waals surface area contributed by atoms with Gasteiger partial charge in [-0.2, -0.15) is 0 Å². The van der Waals surface area contributed by atoms with Crippen molar-refractivity contribution < 1.29 is 9.15 Å². The molecule has 300 valence electrons. The van der Waals surface area contributed by atoms with Crippen LogP contribution in [0.25, 0.3) is 116 Å². The molecular weight excluding hydrogens is 785 g/mol. The molecule has 6 nitrogen and oxygen atoms in total. The molecule has 3 aromatic heterocycles. The minimum atomic E-state index is -0.528. The van der Waals surface area contributed by atoms with Crippen molar-refractivity contribution in [1.82, 2.24) is 19.5 Å². The molecule has 1 aliphatic heterocycles. The Kier molecular flexibility index (Phi) is 7.21. The van der Waals surface area contributed by atoms with Crippen LogP contribution in [0, 0.1) is 0 Å². The van der Waals surface area contributed by atoms with E-state index < -0.39 is 5.60 Å². The first kappa shape index (κ1) is 35.3. The van der Waals surface area contributed by atoms with E-state index in [1.807, 2.05) is 18.2 Å². The average Bonchev–Trinajstić information content (AvgIpc) is 3.99. The smallest absolute Gasteiger partial charge is 0.166 e. The summed E-state index contributed by atoms with van der Waals surface area (Å²) >= 11 is 0. The van der Waals surface area contributed by atoms with Crippen molar-refractivity contribution in [3.05, 3.63) is 200 Å². The van der Waals surface area contributed by atoms with Gasteiger partial charge in [0.2, 0.25) is 0 Å². The van der Waals surface area contributed by atoms with Crippen molar-refractivity contribution in [2.75, 3.05) is 0 Å². The van der Waals surface area contributed by atoms with Gasteiger partial charge in [0.15, 0.2) is 17.5 Å². The van der Waals surface area contributed by atoms with Crippen molar-refractivity contribution in [2.24, 2.45) is 0 Å². The number of para-hydroxylation sites is 1. The number of allylic oxidation sites excluding steroid dienone is 2. The predicted molar refractivity (Wildman–Crippen MR) is 260 cm³/mol. The monoisotopic (exact) mass is 820 g/mol. The molecule has 0 amide bonds. The van der Waals surface area contributed by atoms with Crippen molar-refractivity contribution in [1.29, 1.82) is 0 Å². The fourth-order valence-corrected chi connectivity index (χ4v) is 10.7. The zero-order chi connectivity index (χ0) is 42.1. The zero-order valence-corrected chi connectivity index (χ0v) is 34.7. The first-order valence-electron chi connectivity index (χ1n) is 21.8. The normalized spacial score (nSPS) is 16.7. The number of aromatic nitrogens is 4. The Hall–Kier alpha value is -8.35. The summed E-state index contributed by atoms with van der Waals surface area (Å²) < 4.78 is 15.9. The maximum atomic E-state index is 6.73. The Labute approximate surface area is 367 Å². The quantitative estimate of drug-likeness (QED) is 0.177. The molecule has 4 heterocycles. The second-order valence-corrected chi connectivity index (χ2v) is 17.2. The Balaban J connectivity index is 1.15. The largest absolute Gasteiger partial charge is 0.482 e. The predicted octanol–water partition coefficient (Wildman–Crippen LogP) is 14.7. The third-order valence-corrected chi connectivity index (χ3v) is 13.6. The summed E-state index contributed by atoms with van der Waals surface area (Å²) in [6.07, 6.45) is 8.56. The summed E-state index contributed by atoms with van der Waals surface area (Å²) in [6.45, 7) is 2.15. The SMILES string of the molecule is CC12C=CC=CC1c1c(cccc1-c1nc(-c3cccc4ccccc34)nc(-c3c(-n4c5cc6ccccc6cc5c5ccc6ccccc6c54)ccc4oc5ccccc5c34)n1)O2. The summed E-state index contributed by atoms with van der Waals surface area (Å²) in [6, 6.07) is 60.1. The Morgan fingerprint density at radius 1 is 0.516 bits per heavy atom. The van der Waals surface area contributed by atoms with Gasteiger partial charge in [0.1, 0.15) is 22.5 Å². The summed E-state index contributed by atoms with van der Waals surface area (Å²) in [5, 5.41) is 11.1. The second-order valence-electron chi connectivity index (χ2n) is 17.2. The number of furan rings is 1. The molecule has 1 aliphatic carbocycles. The lowest BCUT2D eigenvalue weighted by Crippen LogP contribution is -2.32. The summed E-state index contributed by atoms with van der Waals surface area (Å²) in [4.78, 5) is 16.6. The first-order valence-corrected chi connectivity index (χ1v) is 21.8. The Morgan fingerprint density at radius 3 is 2.05 bits per heavy atom. The van der Waals surface area contributed by atoms with Gasteiger partial charge in [-0.25, -0.2) is 15.0 Å². The first-order chi connectivity index (χ1) is 31.6. The minimum Gasteiger partial charge on any atom is -0.482 e. The molecule has 2 atom stereocenters. The van der Waals surface area contributed by atoms with E-state index in [0.717, 1.165) is 82.8 Å². The number of ether oxygens (including phenoxy) is 1. The van der Waals surface area contributed by atoms with E-state index in [9.17, 15) is 0 Å². The number of nitrogens with zero attached hydrogens (tertiary/aromatic N) is 4. The molecule has 0 spiro atoms. The maximum absolute atomic E-state index is 6.73. The molecule has 0 radical (unpaired) electrons. The zero-order valence-electron chi connectivity index (χ0n) is 34.7. The fourth-order valence-electron chi connectivity index (χ4n) is 10.7. The van der Waals surface area contributed by atoms with E-state index in [2.05, 4.69) is 187 Å². The summed E-state index contributed by atoms with van der Waals surface area (Å²) in [5.41, 5.74) is 7.96. The highest BCUT2D eigenvalue weighted by Gasteiger charge is 2.44. The van der Waals surface area contributed by atoms with E-state index in [0.29, 0.717) is 17.5 Å². The lowest BCUT2D eigenvalue weighted by molar-refractivity contribution is 0.155. The molecular formula is C58H36N4O2. The van der Waals surface area contributed by atoms with E-state index in [1.165, 1.54) is 26.9 Å². The lowest BCUT2D eigenvalue weighted by atomic mass is 9.80. The average molecular weight is 821 g/mol. The van der Waals surface area contributed by atoms with Gasteiger partial charge >= 0.3 is 0 Å². The van der Waals surface area contributed by atoms with Crippen molar-refractivity contribution >= 4 is 76.1 Å². The van der Waals surface area contributed by atoms with Gasteiger partial charge in [-0.3, -0.25) is 0 Å². The molecule has 9 aromatic carbocycles. The summed E-state index contributed by atoms with van der Waals surface area (Å²) in [7, 11) is 0. The van der Waals surface area contributed by atoms with Crippen LogP contribution in [0.15, 0.2) is 199 Å². The molecule has 0 fully saturated rings. The van der Waals surface area contributed by atoms with Gasteiger partial charge in [0.25, 0.3) is 0 Å². The highest BCUT2D eigenvalue weighted by Crippen LogP contribution is 2.52. The van der Waals surface area contributed by atoms with Gasteiger partial charge in [-0.05, 0) is 76.3 Å². The highest BCUT2D eigenvalue weighted by molar-refractivity contribution is 6.22. The van der Waals surface area contributed by atoms with E-state index in [1.54, 1.807) is 0 Å². The number of hydrogen-bond acceptors (Lipinski definition) is 5. The van der Waals surface area contributed by atoms with Crippen LogP contribution in [0.1, 0.15) is 18.4 Å². The number of rotatable bonds is 4. The molecule has 14 rings (SSSR count). The molecule has 6 heteroatoms. The van der Waals surface area contributed by atoms with Crippen molar-refractivity contribution in [2.45, 2.75) is 18.4 Å². The topological polar surface area (TPSA) is 66.0 Å². The Morgan fingerprint density at radius 2 is 1.19 bits per heavy atom. The van der Waals surface area contributed by atoms with Crippen LogP contribution in [-0.4, -0.2) is 25.1 Å². The molecule has 0 N–H and O–H groups in total. The van der Waals surface area contributed by atoms with Gasteiger partial charge in [-0.1, -0.05) is 152 Å². The number of benzene rings is 9. The van der Waals surface area contributed by atoms with Gasteiger partial charge in [-0.15, -0.1) is 0 Å². The van der Waals surface area contributed by atoms with Crippen LogP contribution in [0.2, 0.25) is 0 Å². The molecule has 2 unspecified atom stereocenters. The van der Waals surface area contributed by atoms with Crippen LogP contribution in [0.3, 0.4) is 0 Å². The molecule has 12 aromatic rings. The van der Waals surface area contributed by atoms with Crippen LogP contribution < -0.4 is 4.74 Å². The highest BCUT2D eigenvalue weighted by atomic mass is 16.5. The van der Waals surface area contributed by atoms with E-state index in [-0.39, 0.29) is 5.92 Å². The third-order valence-electron chi connectivity index (χ3n) is 13.6. The minimum absolute atomic E-state index is 0.0255. The molecule has 0 bridgehead atoms. The van der Waals surface area contributed by atoms with Crippen molar-refractivity contribution in [3.8, 4) is 45.6 Å². The van der Waals surface area contributed by atoms with Crippen LogP contribution in [0.4, 0.5) is 0 Å². The Bertz CT molecular complexity index is 4040. The fraction of sp³-hybridized carbons (Fsp3) is 0.0517. The second kappa shape index (κ2) is 13.1.